The van der Waals surface area contributed by atoms with Crippen molar-refractivity contribution in [3.8, 4) is 17.4 Å². The number of anilines is 1. The molecule has 3 aromatic carbocycles. The van der Waals surface area contributed by atoms with Crippen LogP contribution in [-0.4, -0.2) is 20.2 Å². The Morgan fingerprint density at radius 3 is 2.23 bits per heavy atom. The molecule has 0 unspecified atom stereocenters. The molecule has 6 nitrogen and oxygen atoms in total. The molecule has 0 spiro atoms. The summed E-state index contributed by atoms with van der Waals surface area (Å²) in [7, 11) is 0. The molecule has 1 N–H and O–H groups in total. The molecule has 0 aliphatic heterocycles. The first-order valence-corrected chi connectivity index (χ1v) is 8.28. The van der Waals surface area contributed by atoms with Crippen LogP contribution in [0.2, 0.25) is 0 Å². The molecule has 4 rings (SSSR count). The second kappa shape index (κ2) is 7.48. The van der Waals surface area contributed by atoms with Crippen LogP contribution in [0.4, 0.5) is 5.69 Å². The molecule has 0 aliphatic rings. The Labute approximate surface area is 151 Å². The van der Waals surface area contributed by atoms with Gasteiger partial charge in [-0.1, -0.05) is 53.6 Å². The fourth-order valence-corrected chi connectivity index (χ4v) is 2.51. The molecule has 1 heterocycles. The normalized spacial score (nSPS) is 10.5. The Hall–Kier alpha value is -3.67. The van der Waals surface area contributed by atoms with Crippen LogP contribution in [0, 0.1) is 0 Å². The first kappa shape index (κ1) is 15.8. The molecule has 0 fully saturated rings. The first-order chi connectivity index (χ1) is 12.9. The van der Waals surface area contributed by atoms with Crippen LogP contribution in [0.3, 0.4) is 0 Å². The second-order valence-corrected chi connectivity index (χ2v) is 5.67. The highest BCUT2D eigenvalue weighted by atomic mass is 16.5. The average Bonchev–Trinajstić information content (AvgIpc) is 3.17. The molecule has 0 saturated carbocycles. The Kier molecular flexibility index (Phi) is 4.56. The van der Waals surface area contributed by atoms with Gasteiger partial charge in [-0.15, -0.1) is 0 Å². The van der Waals surface area contributed by atoms with Gasteiger partial charge in [-0.25, -0.2) is 0 Å². The lowest BCUT2D eigenvalue weighted by atomic mass is 10.2. The predicted octanol–water partition coefficient (Wildman–Crippen LogP) is 4.07. The summed E-state index contributed by atoms with van der Waals surface area (Å²) in [6, 6.07) is 27.9. The van der Waals surface area contributed by atoms with Crippen molar-refractivity contribution in [2.45, 2.75) is 6.54 Å². The number of hydrogen-bond acceptors (Lipinski definition) is 5. The molecule has 0 radical (unpaired) electrons. The van der Waals surface area contributed by atoms with E-state index in [1.165, 1.54) is 0 Å². The second-order valence-electron chi connectivity index (χ2n) is 5.67. The van der Waals surface area contributed by atoms with Crippen LogP contribution < -0.4 is 10.1 Å². The zero-order valence-corrected chi connectivity index (χ0v) is 14.0. The molecule has 0 saturated heterocycles. The molecule has 0 amide bonds. The van der Waals surface area contributed by atoms with E-state index in [0.717, 1.165) is 23.5 Å². The lowest BCUT2D eigenvalue weighted by Crippen LogP contribution is -2.01. The van der Waals surface area contributed by atoms with Crippen LogP contribution >= 0.6 is 0 Å². The monoisotopic (exact) mass is 343 g/mol. The van der Waals surface area contributed by atoms with Crippen molar-refractivity contribution >= 4 is 5.69 Å². The van der Waals surface area contributed by atoms with Gasteiger partial charge in [-0.3, -0.25) is 0 Å². The Morgan fingerprint density at radius 1 is 0.808 bits per heavy atom. The summed E-state index contributed by atoms with van der Waals surface area (Å²) < 4.78 is 7.39. The topological polar surface area (TPSA) is 64.9 Å². The van der Waals surface area contributed by atoms with Gasteiger partial charge in [-0.2, -0.15) is 4.68 Å². The fraction of sp³-hybridized carbons (Fsp3) is 0.0500. The number of hydrogen-bond donors (Lipinski definition) is 1. The maximum Gasteiger partial charge on any atom is 0.345 e. The van der Waals surface area contributed by atoms with Crippen LogP contribution in [0.25, 0.3) is 5.69 Å². The maximum atomic E-state index is 5.83. The van der Waals surface area contributed by atoms with Crippen molar-refractivity contribution in [1.29, 1.82) is 0 Å². The van der Waals surface area contributed by atoms with Gasteiger partial charge in [0.2, 0.25) is 0 Å². The number of aromatic nitrogens is 4. The summed E-state index contributed by atoms with van der Waals surface area (Å²) in [5.41, 5.74) is 3.09. The maximum absolute atomic E-state index is 5.83. The van der Waals surface area contributed by atoms with Crippen molar-refractivity contribution in [1.82, 2.24) is 20.2 Å². The molecule has 4 aromatic rings. The number of para-hydroxylation sites is 2. The van der Waals surface area contributed by atoms with Crippen molar-refractivity contribution in [3.05, 3.63) is 90.5 Å². The van der Waals surface area contributed by atoms with E-state index in [4.69, 9.17) is 4.74 Å². The molecule has 0 bridgehead atoms. The lowest BCUT2D eigenvalue weighted by molar-refractivity contribution is 0.427. The minimum Gasteiger partial charge on any atom is -0.423 e. The number of nitrogens with zero attached hydrogens (tertiary/aromatic N) is 4. The van der Waals surface area contributed by atoms with E-state index in [2.05, 4.69) is 20.8 Å². The molecule has 1 aromatic heterocycles. The smallest absolute Gasteiger partial charge is 0.345 e. The van der Waals surface area contributed by atoms with E-state index >= 15 is 0 Å². The van der Waals surface area contributed by atoms with Crippen LogP contribution in [-0.2, 0) is 6.54 Å². The molecular formula is C20H17N5O. The van der Waals surface area contributed by atoms with Crippen LogP contribution in [0.15, 0.2) is 84.9 Å². The van der Waals surface area contributed by atoms with Gasteiger partial charge in [0.05, 0.1) is 5.69 Å². The van der Waals surface area contributed by atoms with Crippen LogP contribution in [0.1, 0.15) is 5.56 Å². The Balaban J connectivity index is 1.43. The lowest BCUT2D eigenvalue weighted by Gasteiger charge is -2.08. The molecular weight excluding hydrogens is 326 g/mol. The zero-order chi connectivity index (χ0) is 17.6. The number of tetrazole rings is 1. The summed E-state index contributed by atoms with van der Waals surface area (Å²) in [4.78, 5) is 0. The van der Waals surface area contributed by atoms with E-state index in [-0.39, 0.29) is 0 Å². The van der Waals surface area contributed by atoms with E-state index < -0.39 is 0 Å². The summed E-state index contributed by atoms with van der Waals surface area (Å²) in [5.74, 6) is 0.681. The molecule has 6 heteroatoms. The third-order valence-electron chi connectivity index (χ3n) is 3.84. The summed E-state index contributed by atoms with van der Waals surface area (Å²) >= 11 is 0. The molecule has 128 valence electrons. The minimum atomic E-state index is 0.325. The quantitative estimate of drug-likeness (QED) is 0.572. The zero-order valence-electron chi connectivity index (χ0n) is 14.0. The standard InChI is InChI=1S/C20H17N5O/c1-3-7-17(8-4-1)21-15-16-11-13-19(14-12-16)26-20-22-23-24-25(20)18-9-5-2-6-10-18/h1-14,21H,15H2. The number of nitrogens with one attached hydrogen (secondary N) is 1. The first-order valence-electron chi connectivity index (χ1n) is 8.28. The van der Waals surface area contributed by atoms with E-state index in [0.29, 0.717) is 11.8 Å². The number of benzene rings is 3. The van der Waals surface area contributed by atoms with Gasteiger partial charge in [-0.05, 0) is 52.4 Å². The van der Waals surface area contributed by atoms with Gasteiger partial charge in [0, 0.05) is 12.2 Å². The average molecular weight is 343 g/mol. The number of rotatable bonds is 6. The number of ether oxygens (including phenoxy) is 1. The van der Waals surface area contributed by atoms with Gasteiger partial charge in [0.1, 0.15) is 5.75 Å². The summed E-state index contributed by atoms with van der Waals surface area (Å²) in [6.45, 7) is 0.742. The van der Waals surface area contributed by atoms with Gasteiger partial charge in [0.25, 0.3) is 0 Å². The summed E-state index contributed by atoms with van der Waals surface area (Å²) in [6.07, 6.45) is 0. The van der Waals surface area contributed by atoms with E-state index in [1.54, 1.807) is 4.68 Å². The Morgan fingerprint density at radius 2 is 1.50 bits per heavy atom. The summed E-state index contributed by atoms with van der Waals surface area (Å²) in [5, 5.41) is 15.0. The van der Waals surface area contributed by atoms with E-state index in [1.807, 2.05) is 84.9 Å². The van der Waals surface area contributed by atoms with Gasteiger partial charge < -0.3 is 10.1 Å². The third kappa shape index (κ3) is 3.70. The van der Waals surface area contributed by atoms with Crippen molar-refractivity contribution in [3.63, 3.8) is 0 Å². The largest absolute Gasteiger partial charge is 0.423 e. The highest BCUT2D eigenvalue weighted by Crippen LogP contribution is 2.21. The van der Waals surface area contributed by atoms with E-state index in [9.17, 15) is 0 Å². The Bertz CT molecular complexity index is 952. The van der Waals surface area contributed by atoms with Crippen molar-refractivity contribution < 1.29 is 4.74 Å². The third-order valence-corrected chi connectivity index (χ3v) is 3.84. The highest BCUT2D eigenvalue weighted by molar-refractivity contribution is 5.43. The van der Waals surface area contributed by atoms with Crippen molar-refractivity contribution in [2.75, 3.05) is 5.32 Å². The molecule has 0 aliphatic carbocycles. The highest BCUT2D eigenvalue weighted by Gasteiger charge is 2.10. The van der Waals surface area contributed by atoms with Crippen molar-refractivity contribution in [2.24, 2.45) is 0 Å². The molecule has 0 atom stereocenters. The van der Waals surface area contributed by atoms with Gasteiger partial charge >= 0.3 is 6.01 Å². The van der Waals surface area contributed by atoms with Crippen LogP contribution in [0.5, 0.6) is 11.8 Å². The molecule has 26 heavy (non-hydrogen) atoms. The minimum absolute atomic E-state index is 0.325. The van der Waals surface area contributed by atoms with Gasteiger partial charge in [0.15, 0.2) is 0 Å². The SMILES string of the molecule is c1ccc(NCc2ccc(Oc3nnnn3-c3ccccc3)cc2)cc1. The fourth-order valence-electron chi connectivity index (χ4n) is 2.51. The predicted molar refractivity (Wildman–Crippen MR) is 99.4 cm³/mol.